The highest BCUT2D eigenvalue weighted by atomic mass is 16.5. The van der Waals surface area contributed by atoms with Crippen molar-refractivity contribution in [1.29, 1.82) is 0 Å². The first-order valence-corrected chi connectivity index (χ1v) is 4.59. The van der Waals surface area contributed by atoms with Gasteiger partial charge in [0.1, 0.15) is 12.5 Å². The highest BCUT2D eigenvalue weighted by Gasteiger charge is 2.04. The van der Waals surface area contributed by atoms with E-state index in [-0.39, 0.29) is 5.97 Å². The van der Waals surface area contributed by atoms with E-state index in [4.69, 9.17) is 4.74 Å². The lowest BCUT2D eigenvalue weighted by Crippen LogP contribution is -2.18. The summed E-state index contributed by atoms with van der Waals surface area (Å²) in [7, 11) is 5.20. The average molecular weight is 209 g/mol. The quantitative estimate of drug-likeness (QED) is 0.554. The third-order valence-corrected chi connectivity index (χ3v) is 1.76. The summed E-state index contributed by atoms with van der Waals surface area (Å²) >= 11 is 0. The Labute approximate surface area is 89.4 Å². The van der Waals surface area contributed by atoms with Crippen LogP contribution in [0.2, 0.25) is 0 Å². The van der Waals surface area contributed by atoms with Crippen LogP contribution in [-0.2, 0) is 4.74 Å². The van der Waals surface area contributed by atoms with Gasteiger partial charge in [0.15, 0.2) is 0 Å². The Kier molecular flexibility index (Phi) is 4.12. The summed E-state index contributed by atoms with van der Waals surface area (Å²) in [4.78, 5) is 13.0. The Hall–Kier alpha value is -1.55. The van der Waals surface area contributed by atoms with Crippen molar-refractivity contribution in [3.8, 4) is 5.75 Å². The number of hydrogen-bond donors (Lipinski definition) is 0. The van der Waals surface area contributed by atoms with E-state index < -0.39 is 0 Å². The minimum atomic E-state index is -0.339. The zero-order valence-corrected chi connectivity index (χ0v) is 9.19. The number of hydrogen-bond acceptors (Lipinski definition) is 4. The van der Waals surface area contributed by atoms with Crippen LogP contribution in [-0.4, -0.2) is 38.8 Å². The fraction of sp³-hybridized carbons (Fsp3) is 0.364. The summed E-state index contributed by atoms with van der Waals surface area (Å²) in [5.74, 6) is 0.394. The van der Waals surface area contributed by atoms with Gasteiger partial charge in [-0.1, -0.05) is 0 Å². The molecule has 1 rings (SSSR count). The summed E-state index contributed by atoms with van der Waals surface area (Å²) in [5.41, 5.74) is 0.523. The molecular formula is C11H15NO3. The van der Waals surface area contributed by atoms with E-state index in [9.17, 15) is 4.79 Å². The molecule has 0 radical (unpaired) electrons. The van der Waals surface area contributed by atoms with Gasteiger partial charge in [0.2, 0.25) is 0 Å². The van der Waals surface area contributed by atoms with E-state index >= 15 is 0 Å². The van der Waals surface area contributed by atoms with Crippen molar-refractivity contribution in [2.45, 2.75) is 0 Å². The van der Waals surface area contributed by atoms with Gasteiger partial charge in [-0.2, -0.15) is 0 Å². The number of carbonyl (C=O) groups excluding carboxylic acids is 1. The second-order valence-electron chi connectivity index (χ2n) is 3.37. The number of carbonyl (C=O) groups is 1. The Bertz CT molecular complexity index is 319. The second kappa shape index (κ2) is 5.36. The molecule has 1 aromatic rings. The Morgan fingerprint density at radius 3 is 2.33 bits per heavy atom. The summed E-state index contributed by atoms with van der Waals surface area (Å²) in [6.45, 7) is 0.511. The van der Waals surface area contributed by atoms with E-state index in [0.717, 1.165) is 5.75 Å². The molecule has 0 aromatic heterocycles. The van der Waals surface area contributed by atoms with Crippen molar-refractivity contribution in [1.82, 2.24) is 4.90 Å². The van der Waals surface area contributed by atoms with Crippen molar-refractivity contribution < 1.29 is 14.3 Å². The van der Waals surface area contributed by atoms with Crippen LogP contribution >= 0.6 is 0 Å². The molecule has 15 heavy (non-hydrogen) atoms. The highest BCUT2D eigenvalue weighted by Crippen LogP contribution is 2.12. The van der Waals surface area contributed by atoms with Crippen molar-refractivity contribution >= 4 is 5.97 Å². The number of ether oxygens (including phenoxy) is 2. The van der Waals surface area contributed by atoms with Crippen molar-refractivity contribution in [3.63, 3.8) is 0 Å². The molecule has 0 saturated heterocycles. The molecule has 0 atom stereocenters. The molecule has 0 heterocycles. The molecule has 0 N–H and O–H groups in total. The van der Waals surface area contributed by atoms with Crippen LogP contribution in [0.15, 0.2) is 24.3 Å². The van der Waals surface area contributed by atoms with E-state index in [0.29, 0.717) is 12.3 Å². The smallest absolute Gasteiger partial charge is 0.337 e. The van der Waals surface area contributed by atoms with Gasteiger partial charge in [0, 0.05) is 0 Å². The third kappa shape index (κ3) is 3.59. The lowest BCUT2D eigenvalue weighted by molar-refractivity contribution is 0.0600. The number of benzene rings is 1. The molecule has 82 valence electrons. The molecule has 1 aromatic carbocycles. The number of rotatable bonds is 4. The normalized spacial score (nSPS) is 10.1. The molecule has 0 spiro atoms. The van der Waals surface area contributed by atoms with Gasteiger partial charge in [-0.15, -0.1) is 0 Å². The summed E-state index contributed by atoms with van der Waals surface area (Å²) in [6, 6.07) is 6.85. The van der Waals surface area contributed by atoms with E-state index in [1.54, 1.807) is 24.3 Å². The highest BCUT2D eigenvalue weighted by molar-refractivity contribution is 5.89. The predicted octanol–water partition coefficient (Wildman–Crippen LogP) is 1.37. The van der Waals surface area contributed by atoms with Crippen LogP contribution in [0.4, 0.5) is 0 Å². The molecule has 4 nitrogen and oxygen atoms in total. The lowest BCUT2D eigenvalue weighted by atomic mass is 10.2. The van der Waals surface area contributed by atoms with Crippen molar-refractivity contribution in [2.75, 3.05) is 27.9 Å². The van der Waals surface area contributed by atoms with Crippen LogP contribution in [0.25, 0.3) is 0 Å². The van der Waals surface area contributed by atoms with Crippen LogP contribution in [0.5, 0.6) is 5.75 Å². The minimum absolute atomic E-state index is 0.339. The molecule has 0 fully saturated rings. The summed E-state index contributed by atoms with van der Waals surface area (Å²) in [6.07, 6.45) is 0. The second-order valence-corrected chi connectivity index (χ2v) is 3.37. The van der Waals surface area contributed by atoms with Crippen molar-refractivity contribution in [3.05, 3.63) is 29.8 Å². The number of esters is 1. The molecule has 0 aliphatic heterocycles. The average Bonchev–Trinajstić information content (AvgIpc) is 2.26. The number of methoxy groups -OCH3 is 1. The van der Waals surface area contributed by atoms with Crippen LogP contribution in [0.3, 0.4) is 0 Å². The van der Waals surface area contributed by atoms with Gasteiger partial charge in [-0.05, 0) is 38.4 Å². The minimum Gasteiger partial charge on any atom is -0.478 e. The molecule has 0 bridgehead atoms. The maximum atomic E-state index is 11.1. The van der Waals surface area contributed by atoms with E-state index in [2.05, 4.69) is 4.74 Å². The van der Waals surface area contributed by atoms with Crippen LogP contribution in [0.1, 0.15) is 10.4 Å². The Morgan fingerprint density at radius 1 is 1.27 bits per heavy atom. The SMILES string of the molecule is COC(=O)c1ccc(OCN(C)C)cc1. The first-order chi connectivity index (χ1) is 7.13. The van der Waals surface area contributed by atoms with E-state index in [1.165, 1.54) is 7.11 Å². The topological polar surface area (TPSA) is 38.8 Å². The zero-order valence-electron chi connectivity index (χ0n) is 9.19. The molecule has 0 aliphatic rings. The first kappa shape index (κ1) is 11.5. The van der Waals surface area contributed by atoms with Gasteiger partial charge in [0.05, 0.1) is 12.7 Å². The molecule has 0 unspecified atom stereocenters. The Balaban J connectivity index is 2.60. The maximum absolute atomic E-state index is 11.1. The summed E-state index contributed by atoms with van der Waals surface area (Å²) < 4.78 is 10.00. The molecule has 0 saturated carbocycles. The number of nitrogens with zero attached hydrogens (tertiary/aromatic N) is 1. The molecule has 0 aliphatic carbocycles. The third-order valence-electron chi connectivity index (χ3n) is 1.76. The molecular weight excluding hydrogens is 194 g/mol. The molecule has 4 heteroatoms. The zero-order chi connectivity index (χ0) is 11.3. The summed E-state index contributed by atoms with van der Waals surface area (Å²) in [5, 5.41) is 0. The van der Waals surface area contributed by atoms with Gasteiger partial charge in [0.25, 0.3) is 0 Å². The largest absolute Gasteiger partial charge is 0.478 e. The fourth-order valence-corrected chi connectivity index (χ4v) is 1.01. The van der Waals surface area contributed by atoms with Gasteiger partial charge in [-0.25, -0.2) is 4.79 Å². The molecule has 0 amide bonds. The van der Waals surface area contributed by atoms with E-state index in [1.807, 2.05) is 19.0 Å². The van der Waals surface area contributed by atoms with Crippen LogP contribution < -0.4 is 4.74 Å². The monoisotopic (exact) mass is 209 g/mol. The van der Waals surface area contributed by atoms with Crippen LogP contribution in [0, 0.1) is 0 Å². The fourth-order valence-electron chi connectivity index (χ4n) is 1.01. The maximum Gasteiger partial charge on any atom is 0.337 e. The van der Waals surface area contributed by atoms with Gasteiger partial charge >= 0.3 is 5.97 Å². The lowest BCUT2D eigenvalue weighted by Gasteiger charge is -2.11. The van der Waals surface area contributed by atoms with Gasteiger partial charge in [-0.3, -0.25) is 4.90 Å². The van der Waals surface area contributed by atoms with Crippen molar-refractivity contribution in [2.24, 2.45) is 0 Å². The Morgan fingerprint density at radius 2 is 1.87 bits per heavy atom. The standard InChI is InChI=1S/C11H15NO3/c1-12(2)8-15-10-6-4-9(5-7-10)11(13)14-3/h4-7H,8H2,1-3H3. The van der Waals surface area contributed by atoms with Gasteiger partial charge < -0.3 is 9.47 Å². The first-order valence-electron chi connectivity index (χ1n) is 4.59. The predicted molar refractivity (Wildman–Crippen MR) is 57.0 cm³/mol.